The highest BCUT2D eigenvalue weighted by Gasteiger charge is 2.21. The van der Waals surface area contributed by atoms with Crippen LogP contribution >= 0.6 is 11.3 Å². The summed E-state index contributed by atoms with van der Waals surface area (Å²) >= 11 is 1.83. The molecule has 0 N–H and O–H groups in total. The molecule has 0 saturated carbocycles. The molecule has 0 aliphatic heterocycles. The Hall–Kier alpha value is -7.41. The van der Waals surface area contributed by atoms with Gasteiger partial charge in [0.15, 0.2) is 17.5 Å². The Labute approximate surface area is 330 Å². The van der Waals surface area contributed by atoms with Crippen LogP contribution in [-0.4, -0.2) is 15.0 Å². The summed E-state index contributed by atoms with van der Waals surface area (Å²) in [6.07, 6.45) is 0. The molecule has 0 atom stereocenters. The van der Waals surface area contributed by atoms with Crippen LogP contribution in [0.3, 0.4) is 0 Å². The molecule has 57 heavy (non-hydrogen) atoms. The highest BCUT2D eigenvalue weighted by atomic mass is 32.1. The molecule has 8 aromatic carbocycles. The Morgan fingerprint density at radius 3 is 1.61 bits per heavy atom. The van der Waals surface area contributed by atoms with E-state index in [0.29, 0.717) is 17.5 Å². The Bertz CT molecular complexity index is 3530. The van der Waals surface area contributed by atoms with E-state index in [-0.39, 0.29) is 0 Å². The van der Waals surface area contributed by atoms with Crippen molar-refractivity contribution in [3.8, 4) is 56.4 Å². The number of thiophene rings is 1. The number of para-hydroxylation sites is 1. The number of rotatable bonds is 5. The van der Waals surface area contributed by atoms with E-state index in [9.17, 15) is 0 Å². The van der Waals surface area contributed by atoms with Crippen molar-refractivity contribution in [1.29, 1.82) is 0 Å². The first-order valence-electron chi connectivity index (χ1n) is 18.9. The second-order valence-corrected chi connectivity index (χ2v) is 15.4. The number of benzene rings is 8. The average Bonchev–Trinajstić information content (AvgIpc) is 3.97. The van der Waals surface area contributed by atoms with Crippen LogP contribution in [0.2, 0.25) is 0 Å². The summed E-state index contributed by atoms with van der Waals surface area (Å²) in [5.41, 5.74) is 10.4. The lowest BCUT2D eigenvalue weighted by Crippen LogP contribution is -2.00. The van der Waals surface area contributed by atoms with E-state index in [4.69, 9.17) is 23.8 Å². The van der Waals surface area contributed by atoms with Crippen LogP contribution in [0.1, 0.15) is 0 Å². The lowest BCUT2D eigenvalue weighted by molar-refractivity contribution is 0.668. The van der Waals surface area contributed by atoms with E-state index in [0.717, 1.165) is 77.3 Å². The summed E-state index contributed by atoms with van der Waals surface area (Å²) in [6.45, 7) is 0. The van der Waals surface area contributed by atoms with Gasteiger partial charge in [0, 0.05) is 58.4 Å². The average molecular weight is 748 g/mol. The molecule has 0 saturated heterocycles. The van der Waals surface area contributed by atoms with Gasteiger partial charge in [-0.05, 0) is 64.7 Å². The molecule has 12 aromatic rings. The highest BCUT2D eigenvalue weighted by molar-refractivity contribution is 7.25. The van der Waals surface area contributed by atoms with Gasteiger partial charge < -0.3 is 8.83 Å². The van der Waals surface area contributed by atoms with E-state index in [1.54, 1.807) is 0 Å². The predicted molar refractivity (Wildman–Crippen MR) is 234 cm³/mol. The molecule has 0 amide bonds. The Morgan fingerprint density at radius 1 is 0.316 bits per heavy atom. The quantitative estimate of drug-likeness (QED) is 0.175. The standard InChI is InChI=1S/C51H29N3O2S/c1-2-11-30(12-3-1)31-23-25-32(26-24-31)49-52-50(38-16-8-19-41-46(38)35-13-4-6-18-40(35)55-41)54-51(53-49)39-17-9-20-42-47(39)36-28-27-33(29-43(36)56-42)34-15-10-22-45-48(34)37-14-5-7-21-44(37)57-45/h1-29H. The topological polar surface area (TPSA) is 65.0 Å². The van der Waals surface area contributed by atoms with Gasteiger partial charge in [0.05, 0.1) is 0 Å². The molecule has 0 spiro atoms. The summed E-state index contributed by atoms with van der Waals surface area (Å²) in [4.78, 5) is 15.6. The zero-order valence-corrected chi connectivity index (χ0v) is 31.1. The van der Waals surface area contributed by atoms with Gasteiger partial charge in [-0.3, -0.25) is 0 Å². The van der Waals surface area contributed by atoms with Crippen LogP contribution in [0, 0.1) is 0 Å². The van der Waals surface area contributed by atoms with Gasteiger partial charge in [0.2, 0.25) is 0 Å². The van der Waals surface area contributed by atoms with E-state index < -0.39 is 0 Å². The molecule has 0 aliphatic rings. The lowest BCUT2D eigenvalue weighted by atomic mass is 9.98. The van der Waals surface area contributed by atoms with Gasteiger partial charge in [0.25, 0.3) is 0 Å². The molecule has 5 nitrogen and oxygen atoms in total. The van der Waals surface area contributed by atoms with Gasteiger partial charge in [0.1, 0.15) is 22.3 Å². The number of nitrogens with zero attached hydrogens (tertiary/aromatic N) is 3. The van der Waals surface area contributed by atoms with Crippen molar-refractivity contribution < 1.29 is 8.83 Å². The third-order valence-electron chi connectivity index (χ3n) is 11.0. The highest BCUT2D eigenvalue weighted by Crippen LogP contribution is 2.43. The third kappa shape index (κ3) is 5.12. The van der Waals surface area contributed by atoms with Gasteiger partial charge in [-0.15, -0.1) is 11.3 Å². The zero-order valence-electron chi connectivity index (χ0n) is 30.3. The summed E-state index contributed by atoms with van der Waals surface area (Å²) in [6, 6.07) is 60.9. The second-order valence-electron chi connectivity index (χ2n) is 14.3. The fourth-order valence-electron chi connectivity index (χ4n) is 8.34. The number of hydrogen-bond acceptors (Lipinski definition) is 6. The zero-order chi connectivity index (χ0) is 37.5. The predicted octanol–water partition coefficient (Wildman–Crippen LogP) is 14.4. The van der Waals surface area contributed by atoms with E-state index >= 15 is 0 Å². The summed E-state index contributed by atoms with van der Waals surface area (Å²) in [7, 11) is 0. The summed E-state index contributed by atoms with van der Waals surface area (Å²) < 4.78 is 15.5. The van der Waals surface area contributed by atoms with Gasteiger partial charge in [-0.2, -0.15) is 0 Å². The van der Waals surface area contributed by atoms with Crippen molar-refractivity contribution in [3.05, 3.63) is 176 Å². The van der Waals surface area contributed by atoms with Gasteiger partial charge in [-0.25, -0.2) is 15.0 Å². The summed E-state index contributed by atoms with van der Waals surface area (Å²) in [5, 5.41) is 6.51. The van der Waals surface area contributed by atoms with Gasteiger partial charge >= 0.3 is 0 Å². The van der Waals surface area contributed by atoms with Crippen LogP contribution < -0.4 is 0 Å². The molecular weight excluding hydrogens is 719 g/mol. The minimum Gasteiger partial charge on any atom is -0.456 e. The molecular formula is C51H29N3O2S. The largest absolute Gasteiger partial charge is 0.456 e. The monoisotopic (exact) mass is 747 g/mol. The van der Waals surface area contributed by atoms with E-state index in [1.807, 2.05) is 59.9 Å². The Morgan fingerprint density at radius 2 is 0.842 bits per heavy atom. The molecule has 0 unspecified atom stereocenters. The van der Waals surface area contributed by atoms with Crippen LogP contribution in [0.15, 0.2) is 185 Å². The van der Waals surface area contributed by atoms with E-state index in [1.165, 1.54) is 25.7 Å². The second kappa shape index (κ2) is 12.6. The lowest BCUT2D eigenvalue weighted by Gasteiger charge is -2.10. The molecule has 0 bridgehead atoms. The molecule has 4 aromatic heterocycles. The normalized spacial score (nSPS) is 11.9. The van der Waals surface area contributed by atoms with Crippen molar-refractivity contribution >= 4 is 75.4 Å². The molecule has 0 radical (unpaired) electrons. The minimum atomic E-state index is 0.568. The maximum Gasteiger partial charge on any atom is 0.164 e. The minimum absolute atomic E-state index is 0.568. The smallest absolute Gasteiger partial charge is 0.164 e. The molecule has 0 fully saturated rings. The van der Waals surface area contributed by atoms with Crippen molar-refractivity contribution in [3.63, 3.8) is 0 Å². The van der Waals surface area contributed by atoms with Crippen molar-refractivity contribution in [2.75, 3.05) is 0 Å². The number of aromatic nitrogens is 3. The van der Waals surface area contributed by atoms with Crippen LogP contribution in [0.25, 0.3) is 120 Å². The van der Waals surface area contributed by atoms with E-state index in [2.05, 4.69) is 127 Å². The first-order chi connectivity index (χ1) is 28.2. The molecule has 4 heterocycles. The van der Waals surface area contributed by atoms with Gasteiger partial charge in [-0.1, -0.05) is 133 Å². The van der Waals surface area contributed by atoms with Crippen molar-refractivity contribution in [1.82, 2.24) is 15.0 Å². The first kappa shape index (κ1) is 31.9. The first-order valence-corrected chi connectivity index (χ1v) is 19.7. The fourth-order valence-corrected chi connectivity index (χ4v) is 9.48. The molecule has 12 rings (SSSR count). The van der Waals surface area contributed by atoms with Crippen LogP contribution in [0.4, 0.5) is 0 Å². The molecule has 6 heteroatoms. The third-order valence-corrected chi connectivity index (χ3v) is 12.1. The van der Waals surface area contributed by atoms with Crippen molar-refractivity contribution in [2.24, 2.45) is 0 Å². The molecule has 0 aliphatic carbocycles. The maximum atomic E-state index is 6.66. The molecule has 266 valence electrons. The van der Waals surface area contributed by atoms with Crippen LogP contribution in [-0.2, 0) is 0 Å². The fraction of sp³-hybridized carbons (Fsp3) is 0. The van der Waals surface area contributed by atoms with Crippen LogP contribution in [0.5, 0.6) is 0 Å². The number of furan rings is 2. The SMILES string of the molecule is c1ccc(-c2ccc(-c3nc(-c4cccc5oc6ccccc6c45)nc(-c4cccc5oc6cc(-c7cccc8sc9ccccc9c78)ccc6c45)n3)cc2)cc1. The summed E-state index contributed by atoms with van der Waals surface area (Å²) in [5.74, 6) is 1.73. The Balaban J connectivity index is 1.06. The Kier molecular flexibility index (Phi) is 7.03. The number of hydrogen-bond donors (Lipinski definition) is 0. The number of fused-ring (bicyclic) bond motifs is 9. The van der Waals surface area contributed by atoms with Crippen molar-refractivity contribution in [2.45, 2.75) is 0 Å². The maximum absolute atomic E-state index is 6.66.